The van der Waals surface area contributed by atoms with Crippen LogP contribution in [-0.2, 0) is 12.8 Å². The third kappa shape index (κ3) is 2.58. The summed E-state index contributed by atoms with van der Waals surface area (Å²) in [6.07, 6.45) is 3.71. The molecule has 0 aromatic heterocycles. The Balaban J connectivity index is 2.11. The number of fused-ring (bicyclic) bond motifs is 1. The van der Waals surface area contributed by atoms with Crippen molar-refractivity contribution in [2.45, 2.75) is 40.0 Å². The summed E-state index contributed by atoms with van der Waals surface area (Å²) in [7, 11) is 0. The van der Waals surface area contributed by atoms with Crippen LogP contribution in [0.15, 0.2) is 18.2 Å². The van der Waals surface area contributed by atoms with Crippen molar-refractivity contribution < 1.29 is 0 Å². The number of benzene rings is 1. The topological polar surface area (TPSA) is 12.0 Å². The molecule has 1 aromatic rings. The van der Waals surface area contributed by atoms with Gasteiger partial charge in [0.2, 0.25) is 0 Å². The Bertz CT molecular complexity index is 354. The number of rotatable bonds is 3. The van der Waals surface area contributed by atoms with Crippen LogP contribution >= 0.6 is 0 Å². The molecule has 0 saturated carbocycles. The maximum atomic E-state index is 3.51. The fraction of sp³-hybridized carbons (Fsp3) is 0.600. The fourth-order valence-corrected chi connectivity index (χ4v) is 2.24. The van der Waals surface area contributed by atoms with Crippen LogP contribution in [0.5, 0.6) is 0 Å². The Kier molecular flexibility index (Phi) is 3.52. The van der Waals surface area contributed by atoms with Crippen LogP contribution in [0.3, 0.4) is 0 Å². The maximum absolute atomic E-state index is 3.51. The molecule has 88 valence electrons. The predicted molar refractivity (Wildman–Crippen MR) is 71.0 cm³/mol. The first-order chi connectivity index (χ1) is 7.66. The first-order valence-corrected chi connectivity index (χ1v) is 6.52. The SMILES string of the molecule is CC(C)C(C)Cc1ccc2c(c1)NCCC2. The molecule has 1 heterocycles. The zero-order valence-electron chi connectivity index (χ0n) is 10.7. The molecule has 1 nitrogen and oxygen atoms in total. The van der Waals surface area contributed by atoms with E-state index in [0.29, 0.717) is 0 Å². The molecule has 1 unspecified atom stereocenters. The van der Waals surface area contributed by atoms with Crippen molar-refractivity contribution in [3.8, 4) is 0 Å². The van der Waals surface area contributed by atoms with Crippen LogP contribution < -0.4 is 5.32 Å². The van der Waals surface area contributed by atoms with E-state index in [-0.39, 0.29) is 0 Å². The van der Waals surface area contributed by atoms with Gasteiger partial charge < -0.3 is 5.32 Å². The molecule has 1 aliphatic heterocycles. The highest BCUT2D eigenvalue weighted by Crippen LogP contribution is 2.25. The number of hydrogen-bond acceptors (Lipinski definition) is 1. The van der Waals surface area contributed by atoms with Crippen molar-refractivity contribution in [3.05, 3.63) is 29.3 Å². The van der Waals surface area contributed by atoms with E-state index in [2.05, 4.69) is 44.3 Å². The minimum absolute atomic E-state index is 0.765. The highest BCUT2D eigenvalue weighted by atomic mass is 14.9. The van der Waals surface area contributed by atoms with Gasteiger partial charge in [-0.1, -0.05) is 32.9 Å². The lowest BCUT2D eigenvalue weighted by molar-refractivity contribution is 0.417. The maximum Gasteiger partial charge on any atom is 0.0375 e. The molecular weight excluding hydrogens is 194 g/mol. The summed E-state index contributed by atoms with van der Waals surface area (Å²) in [5.41, 5.74) is 4.35. The van der Waals surface area contributed by atoms with Crippen LogP contribution in [0.25, 0.3) is 0 Å². The number of aryl methyl sites for hydroxylation is 1. The third-order valence-corrected chi connectivity index (χ3v) is 3.81. The highest BCUT2D eigenvalue weighted by molar-refractivity contribution is 5.54. The Morgan fingerprint density at radius 2 is 2.06 bits per heavy atom. The summed E-state index contributed by atoms with van der Waals surface area (Å²) < 4.78 is 0. The predicted octanol–water partition coefficient (Wildman–Crippen LogP) is 3.88. The fourth-order valence-electron chi connectivity index (χ4n) is 2.24. The second-order valence-corrected chi connectivity index (χ2v) is 5.45. The number of hydrogen-bond donors (Lipinski definition) is 1. The summed E-state index contributed by atoms with van der Waals surface area (Å²) in [6.45, 7) is 8.09. The largest absolute Gasteiger partial charge is 0.385 e. The van der Waals surface area contributed by atoms with Crippen molar-refractivity contribution in [2.75, 3.05) is 11.9 Å². The Morgan fingerprint density at radius 3 is 2.81 bits per heavy atom. The van der Waals surface area contributed by atoms with E-state index in [9.17, 15) is 0 Å². The van der Waals surface area contributed by atoms with Gasteiger partial charge in [-0.3, -0.25) is 0 Å². The second-order valence-electron chi connectivity index (χ2n) is 5.45. The third-order valence-electron chi connectivity index (χ3n) is 3.81. The van der Waals surface area contributed by atoms with Gasteiger partial charge in [0.1, 0.15) is 0 Å². The van der Waals surface area contributed by atoms with Gasteiger partial charge in [0, 0.05) is 12.2 Å². The first kappa shape index (κ1) is 11.5. The summed E-state index contributed by atoms with van der Waals surface area (Å²) in [4.78, 5) is 0. The lowest BCUT2D eigenvalue weighted by Crippen LogP contribution is -2.13. The van der Waals surface area contributed by atoms with Crippen LogP contribution in [0.4, 0.5) is 5.69 Å². The minimum atomic E-state index is 0.765. The van der Waals surface area contributed by atoms with Crippen molar-refractivity contribution in [1.29, 1.82) is 0 Å². The standard InChI is InChI=1S/C15H23N/c1-11(2)12(3)9-13-6-7-14-5-4-8-16-15(14)10-13/h6-7,10-12,16H,4-5,8-9H2,1-3H3. The zero-order chi connectivity index (χ0) is 11.5. The molecule has 0 aliphatic carbocycles. The monoisotopic (exact) mass is 217 g/mol. The molecule has 1 N–H and O–H groups in total. The molecular formula is C15H23N. The average molecular weight is 217 g/mol. The lowest BCUT2D eigenvalue weighted by Gasteiger charge is -2.20. The minimum Gasteiger partial charge on any atom is -0.385 e. The van der Waals surface area contributed by atoms with E-state index in [1.165, 1.54) is 36.1 Å². The molecule has 0 spiro atoms. The van der Waals surface area contributed by atoms with Gasteiger partial charge in [0.05, 0.1) is 0 Å². The molecule has 0 radical (unpaired) electrons. The summed E-state index contributed by atoms with van der Waals surface area (Å²) in [5, 5.41) is 3.51. The van der Waals surface area contributed by atoms with Gasteiger partial charge in [-0.15, -0.1) is 0 Å². The van der Waals surface area contributed by atoms with Crippen LogP contribution in [-0.4, -0.2) is 6.54 Å². The van der Waals surface area contributed by atoms with Crippen LogP contribution in [0.1, 0.15) is 38.3 Å². The molecule has 0 saturated heterocycles. The molecule has 1 heteroatoms. The molecule has 1 aromatic carbocycles. The Morgan fingerprint density at radius 1 is 1.25 bits per heavy atom. The van der Waals surface area contributed by atoms with E-state index in [1.807, 2.05) is 0 Å². The smallest absolute Gasteiger partial charge is 0.0375 e. The molecule has 0 bridgehead atoms. The van der Waals surface area contributed by atoms with Crippen molar-refractivity contribution in [2.24, 2.45) is 11.8 Å². The number of nitrogens with one attached hydrogen (secondary N) is 1. The van der Waals surface area contributed by atoms with Crippen molar-refractivity contribution in [3.63, 3.8) is 0 Å². The van der Waals surface area contributed by atoms with Gasteiger partial charge in [-0.05, 0) is 48.3 Å². The number of anilines is 1. The van der Waals surface area contributed by atoms with Gasteiger partial charge in [0.15, 0.2) is 0 Å². The molecule has 1 atom stereocenters. The second kappa shape index (κ2) is 4.90. The van der Waals surface area contributed by atoms with Crippen LogP contribution in [0.2, 0.25) is 0 Å². The normalized spacial score (nSPS) is 16.8. The average Bonchev–Trinajstić information content (AvgIpc) is 2.28. The summed E-state index contributed by atoms with van der Waals surface area (Å²) in [6, 6.07) is 6.97. The van der Waals surface area contributed by atoms with E-state index < -0.39 is 0 Å². The van der Waals surface area contributed by atoms with Gasteiger partial charge in [0.25, 0.3) is 0 Å². The van der Waals surface area contributed by atoms with Crippen molar-refractivity contribution in [1.82, 2.24) is 0 Å². The Hall–Kier alpha value is -0.980. The molecule has 0 fully saturated rings. The quantitative estimate of drug-likeness (QED) is 0.810. The highest BCUT2D eigenvalue weighted by Gasteiger charge is 2.11. The summed E-state index contributed by atoms with van der Waals surface area (Å²) >= 11 is 0. The molecule has 0 amide bonds. The van der Waals surface area contributed by atoms with E-state index in [1.54, 1.807) is 0 Å². The van der Waals surface area contributed by atoms with Gasteiger partial charge in [-0.2, -0.15) is 0 Å². The van der Waals surface area contributed by atoms with E-state index in [0.717, 1.165) is 18.4 Å². The molecule has 1 aliphatic rings. The van der Waals surface area contributed by atoms with Crippen LogP contribution in [0, 0.1) is 11.8 Å². The van der Waals surface area contributed by atoms with Crippen molar-refractivity contribution >= 4 is 5.69 Å². The Labute approximate surface area is 99.3 Å². The zero-order valence-corrected chi connectivity index (χ0v) is 10.7. The first-order valence-electron chi connectivity index (χ1n) is 6.52. The van der Waals surface area contributed by atoms with E-state index in [4.69, 9.17) is 0 Å². The van der Waals surface area contributed by atoms with E-state index >= 15 is 0 Å². The summed E-state index contributed by atoms with van der Waals surface area (Å²) in [5.74, 6) is 1.53. The van der Waals surface area contributed by atoms with Gasteiger partial charge in [-0.25, -0.2) is 0 Å². The molecule has 2 rings (SSSR count). The molecule has 16 heavy (non-hydrogen) atoms. The lowest BCUT2D eigenvalue weighted by atomic mass is 9.90. The van der Waals surface area contributed by atoms with Gasteiger partial charge >= 0.3 is 0 Å².